The third-order valence-corrected chi connectivity index (χ3v) is 3.09. The molecule has 0 N–H and O–H groups in total. The highest BCUT2D eigenvalue weighted by Gasteiger charge is 2.21. The van der Waals surface area contributed by atoms with Crippen molar-refractivity contribution in [1.82, 2.24) is 0 Å². The van der Waals surface area contributed by atoms with Crippen LogP contribution in [0.2, 0.25) is 19.6 Å². The monoisotopic (exact) mass is 302 g/mol. The van der Waals surface area contributed by atoms with Gasteiger partial charge in [-0.05, 0) is 37.8 Å². The van der Waals surface area contributed by atoms with E-state index >= 15 is 0 Å². The zero-order chi connectivity index (χ0) is 12.3. The van der Waals surface area contributed by atoms with Crippen molar-refractivity contribution >= 4 is 30.2 Å². The number of rotatable bonds is 3. The quantitative estimate of drug-likeness (QED) is 0.634. The zero-order valence-corrected chi connectivity index (χ0v) is 12.4. The second-order valence-electron chi connectivity index (χ2n) is 4.35. The Kier molecular flexibility index (Phi) is 4.15. The van der Waals surface area contributed by atoms with E-state index in [1.165, 1.54) is 7.11 Å². The number of hydrogen-bond donors (Lipinski definition) is 0. The molecule has 1 rings (SSSR count). The minimum Gasteiger partial charge on any atom is -0.544 e. The molecule has 0 radical (unpaired) electrons. The highest BCUT2D eigenvalue weighted by atomic mass is 79.9. The van der Waals surface area contributed by atoms with E-state index in [1.807, 2.05) is 0 Å². The van der Waals surface area contributed by atoms with Gasteiger partial charge in [0.15, 0.2) is 0 Å². The molecule has 0 bridgehead atoms. The lowest BCUT2D eigenvalue weighted by molar-refractivity contribution is 0.0598. The van der Waals surface area contributed by atoms with E-state index in [0.717, 1.165) is 4.47 Å². The molecule has 3 nitrogen and oxygen atoms in total. The SMILES string of the molecule is COC(=O)c1ccc(Br)cc1O[Si](C)(C)C. The normalized spacial score (nSPS) is 11.1. The second kappa shape index (κ2) is 5.01. The number of methoxy groups -OCH3 is 1. The number of carbonyl (C=O) groups excluding carboxylic acids is 1. The van der Waals surface area contributed by atoms with Crippen molar-refractivity contribution in [1.29, 1.82) is 0 Å². The van der Waals surface area contributed by atoms with Gasteiger partial charge in [0.1, 0.15) is 11.3 Å². The fraction of sp³-hybridized carbons (Fsp3) is 0.364. The van der Waals surface area contributed by atoms with Gasteiger partial charge in [0.05, 0.1) is 7.11 Å². The van der Waals surface area contributed by atoms with Gasteiger partial charge in [-0.15, -0.1) is 0 Å². The molecule has 0 saturated heterocycles. The number of halogens is 1. The number of benzene rings is 1. The van der Waals surface area contributed by atoms with Gasteiger partial charge in [-0.1, -0.05) is 15.9 Å². The zero-order valence-electron chi connectivity index (χ0n) is 9.83. The van der Waals surface area contributed by atoms with Crippen LogP contribution in [0.1, 0.15) is 10.4 Å². The molecule has 0 aromatic heterocycles. The Balaban J connectivity index is 3.13. The lowest BCUT2D eigenvalue weighted by Crippen LogP contribution is -2.30. The summed E-state index contributed by atoms with van der Waals surface area (Å²) in [4.78, 5) is 11.5. The number of esters is 1. The summed E-state index contributed by atoms with van der Waals surface area (Å²) in [7, 11) is -0.376. The maximum Gasteiger partial charge on any atom is 0.341 e. The molecule has 0 spiro atoms. The fourth-order valence-corrected chi connectivity index (χ4v) is 2.36. The Bertz CT molecular complexity index is 399. The second-order valence-corrected chi connectivity index (χ2v) is 9.69. The minimum atomic E-state index is -1.74. The molecular formula is C11H15BrO3Si. The van der Waals surface area contributed by atoms with Crippen molar-refractivity contribution in [3.8, 4) is 5.75 Å². The van der Waals surface area contributed by atoms with E-state index in [1.54, 1.807) is 18.2 Å². The Hall–Kier alpha value is -0.813. The molecule has 16 heavy (non-hydrogen) atoms. The molecular weight excluding hydrogens is 288 g/mol. The maximum atomic E-state index is 11.5. The van der Waals surface area contributed by atoms with Crippen molar-refractivity contribution in [2.45, 2.75) is 19.6 Å². The molecule has 0 aliphatic rings. The molecule has 88 valence electrons. The molecule has 0 heterocycles. The van der Waals surface area contributed by atoms with Crippen LogP contribution in [0.3, 0.4) is 0 Å². The number of hydrogen-bond acceptors (Lipinski definition) is 3. The third kappa shape index (κ3) is 3.64. The Morgan fingerprint density at radius 2 is 1.94 bits per heavy atom. The van der Waals surface area contributed by atoms with Crippen LogP contribution in [0.5, 0.6) is 5.75 Å². The van der Waals surface area contributed by atoms with E-state index < -0.39 is 8.32 Å². The molecule has 1 aromatic rings. The summed E-state index contributed by atoms with van der Waals surface area (Å²) in [5, 5.41) is 0. The predicted octanol–water partition coefficient (Wildman–Crippen LogP) is 3.45. The van der Waals surface area contributed by atoms with Gasteiger partial charge in [0, 0.05) is 4.47 Å². The summed E-state index contributed by atoms with van der Waals surface area (Å²) >= 11 is 3.36. The smallest absolute Gasteiger partial charge is 0.341 e. The topological polar surface area (TPSA) is 35.5 Å². The standard InChI is InChI=1S/C11H15BrO3Si/c1-14-11(13)9-6-5-8(12)7-10(9)15-16(2,3)4/h5-7H,1-4H3. The van der Waals surface area contributed by atoms with E-state index in [9.17, 15) is 4.79 Å². The summed E-state index contributed by atoms with van der Waals surface area (Å²) in [6.07, 6.45) is 0. The van der Waals surface area contributed by atoms with Crippen molar-refractivity contribution < 1.29 is 14.0 Å². The number of ether oxygens (including phenoxy) is 1. The van der Waals surface area contributed by atoms with Crippen molar-refractivity contribution in [2.75, 3.05) is 7.11 Å². The molecule has 0 aliphatic carbocycles. The summed E-state index contributed by atoms with van der Waals surface area (Å²) in [5.41, 5.74) is 0.466. The van der Waals surface area contributed by atoms with E-state index in [2.05, 4.69) is 35.6 Å². The first-order valence-corrected chi connectivity index (χ1v) is 9.10. The third-order valence-electron chi connectivity index (χ3n) is 1.77. The van der Waals surface area contributed by atoms with Crippen molar-refractivity contribution in [3.05, 3.63) is 28.2 Å². The van der Waals surface area contributed by atoms with Crippen LogP contribution in [-0.4, -0.2) is 21.4 Å². The molecule has 0 aliphatic heterocycles. The van der Waals surface area contributed by atoms with Gasteiger partial charge in [-0.25, -0.2) is 4.79 Å². The van der Waals surface area contributed by atoms with Crippen LogP contribution in [0, 0.1) is 0 Å². The van der Waals surface area contributed by atoms with Crippen LogP contribution >= 0.6 is 15.9 Å². The maximum absolute atomic E-state index is 11.5. The highest BCUT2D eigenvalue weighted by Crippen LogP contribution is 2.26. The molecule has 0 amide bonds. The van der Waals surface area contributed by atoms with Crippen LogP contribution < -0.4 is 4.43 Å². The first-order chi connectivity index (χ1) is 7.33. The Morgan fingerprint density at radius 1 is 1.31 bits per heavy atom. The fourth-order valence-electron chi connectivity index (χ4n) is 1.19. The molecule has 0 fully saturated rings. The largest absolute Gasteiger partial charge is 0.544 e. The summed E-state index contributed by atoms with van der Waals surface area (Å²) in [6, 6.07) is 5.29. The average molecular weight is 303 g/mol. The Labute approximate surface area is 105 Å². The van der Waals surface area contributed by atoms with E-state index in [4.69, 9.17) is 9.16 Å². The predicted molar refractivity (Wildman–Crippen MR) is 69.5 cm³/mol. The van der Waals surface area contributed by atoms with E-state index in [-0.39, 0.29) is 5.97 Å². The van der Waals surface area contributed by atoms with Gasteiger partial charge in [0.25, 0.3) is 0 Å². The highest BCUT2D eigenvalue weighted by molar-refractivity contribution is 9.10. The van der Waals surface area contributed by atoms with Crippen LogP contribution in [0.4, 0.5) is 0 Å². The van der Waals surface area contributed by atoms with Crippen LogP contribution in [0.15, 0.2) is 22.7 Å². The Morgan fingerprint density at radius 3 is 2.44 bits per heavy atom. The van der Waals surface area contributed by atoms with Gasteiger partial charge in [-0.2, -0.15) is 0 Å². The average Bonchev–Trinajstić information content (AvgIpc) is 2.14. The summed E-state index contributed by atoms with van der Waals surface area (Å²) in [5.74, 6) is 0.209. The van der Waals surface area contributed by atoms with Gasteiger partial charge >= 0.3 is 5.97 Å². The van der Waals surface area contributed by atoms with Crippen molar-refractivity contribution in [2.24, 2.45) is 0 Å². The van der Waals surface area contributed by atoms with E-state index in [0.29, 0.717) is 11.3 Å². The van der Waals surface area contributed by atoms with Crippen LogP contribution in [0.25, 0.3) is 0 Å². The molecule has 0 atom stereocenters. The minimum absolute atomic E-state index is 0.374. The summed E-state index contributed by atoms with van der Waals surface area (Å²) < 4.78 is 11.4. The first kappa shape index (κ1) is 13.3. The first-order valence-electron chi connectivity index (χ1n) is 4.90. The molecule has 0 unspecified atom stereocenters. The van der Waals surface area contributed by atoms with Crippen molar-refractivity contribution in [3.63, 3.8) is 0 Å². The molecule has 0 saturated carbocycles. The number of carbonyl (C=O) groups is 1. The summed E-state index contributed by atoms with van der Waals surface area (Å²) in [6.45, 7) is 6.19. The lowest BCUT2D eigenvalue weighted by Gasteiger charge is -2.21. The van der Waals surface area contributed by atoms with Gasteiger partial charge in [-0.3, -0.25) is 0 Å². The lowest BCUT2D eigenvalue weighted by atomic mass is 10.2. The van der Waals surface area contributed by atoms with Gasteiger partial charge in [0.2, 0.25) is 8.32 Å². The molecule has 1 aromatic carbocycles. The molecule has 5 heteroatoms. The van der Waals surface area contributed by atoms with Crippen LogP contribution in [-0.2, 0) is 4.74 Å². The van der Waals surface area contributed by atoms with Gasteiger partial charge < -0.3 is 9.16 Å².